The lowest BCUT2D eigenvalue weighted by molar-refractivity contribution is -0.132. The molecule has 0 spiro atoms. The van der Waals surface area contributed by atoms with Gasteiger partial charge in [-0.3, -0.25) is 4.79 Å². The summed E-state index contributed by atoms with van der Waals surface area (Å²) in [6.07, 6.45) is 2.91. The number of carbonyl (C=O) groups excluding carboxylic acids is 1. The quantitative estimate of drug-likeness (QED) is 0.734. The van der Waals surface area contributed by atoms with Crippen LogP contribution in [0.5, 0.6) is 0 Å². The molecule has 84 valence electrons. The molecule has 15 heavy (non-hydrogen) atoms. The van der Waals surface area contributed by atoms with Gasteiger partial charge in [-0.1, -0.05) is 0 Å². The summed E-state index contributed by atoms with van der Waals surface area (Å²) in [4.78, 5) is 13.7. The van der Waals surface area contributed by atoms with E-state index in [0.29, 0.717) is 25.4 Å². The number of carbonyl (C=O) groups is 1. The number of hydrogen-bond acceptors (Lipinski definition) is 3. The van der Waals surface area contributed by atoms with Gasteiger partial charge in [0.25, 0.3) is 0 Å². The molecule has 0 radical (unpaired) electrons. The molecule has 0 saturated heterocycles. The lowest BCUT2D eigenvalue weighted by Gasteiger charge is -2.25. The molecular weight excluding hydrogens is 190 g/mol. The van der Waals surface area contributed by atoms with Crippen molar-refractivity contribution in [1.82, 2.24) is 4.90 Å². The van der Waals surface area contributed by atoms with Crippen molar-refractivity contribution in [2.24, 2.45) is 5.73 Å². The fraction of sp³-hybridized carbons (Fsp3) is 0.818. The number of hydrogen-bond donors (Lipinski definition) is 1. The molecule has 1 aliphatic carbocycles. The Morgan fingerprint density at radius 1 is 1.60 bits per heavy atom. The average molecular weight is 209 g/mol. The first kappa shape index (κ1) is 12.0. The van der Waals surface area contributed by atoms with Gasteiger partial charge < -0.3 is 10.6 Å². The molecule has 0 atom stereocenters. The summed E-state index contributed by atoms with van der Waals surface area (Å²) in [5.74, 6) is 0.0836. The van der Waals surface area contributed by atoms with E-state index < -0.39 is 5.54 Å². The van der Waals surface area contributed by atoms with Crippen molar-refractivity contribution >= 4 is 5.91 Å². The minimum atomic E-state index is -0.461. The molecule has 0 unspecified atom stereocenters. The van der Waals surface area contributed by atoms with Crippen LogP contribution < -0.4 is 5.73 Å². The molecule has 1 amide bonds. The predicted octanol–water partition coefficient (Wildman–Crippen LogP) is 1.02. The van der Waals surface area contributed by atoms with E-state index >= 15 is 0 Å². The highest BCUT2D eigenvalue weighted by molar-refractivity contribution is 5.78. The van der Waals surface area contributed by atoms with E-state index in [2.05, 4.69) is 6.07 Å². The summed E-state index contributed by atoms with van der Waals surface area (Å²) in [6.45, 7) is 4.25. The van der Waals surface area contributed by atoms with Gasteiger partial charge in [0.1, 0.15) is 0 Å². The van der Waals surface area contributed by atoms with E-state index in [1.807, 2.05) is 18.7 Å². The second-order valence-corrected chi connectivity index (χ2v) is 4.89. The van der Waals surface area contributed by atoms with Crippen molar-refractivity contribution in [3.63, 3.8) is 0 Å². The second-order valence-electron chi connectivity index (χ2n) is 4.89. The number of nitrogens with two attached hydrogens (primary N) is 1. The van der Waals surface area contributed by atoms with Crippen molar-refractivity contribution in [2.45, 2.75) is 51.1 Å². The summed E-state index contributed by atoms with van der Waals surface area (Å²) in [6, 6.07) is 2.44. The van der Waals surface area contributed by atoms with E-state index in [1.54, 1.807) is 0 Å². The molecule has 0 heterocycles. The van der Waals surface area contributed by atoms with Crippen molar-refractivity contribution in [2.75, 3.05) is 6.54 Å². The van der Waals surface area contributed by atoms with Gasteiger partial charge in [-0.25, -0.2) is 0 Å². The van der Waals surface area contributed by atoms with Gasteiger partial charge in [0.15, 0.2) is 0 Å². The third kappa shape index (κ3) is 4.30. The summed E-state index contributed by atoms with van der Waals surface area (Å²) >= 11 is 0. The van der Waals surface area contributed by atoms with Crippen LogP contribution in [0.3, 0.4) is 0 Å². The Labute approximate surface area is 91.0 Å². The van der Waals surface area contributed by atoms with E-state index in [0.717, 1.165) is 12.8 Å². The first-order chi connectivity index (χ1) is 6.94. The van der Waals surface area contributed by atoms with E-state index in [9.17, 15) is 4.79 Å². The Kier molecular flexibility index (Phi) is 3.70. The molecule has 1 fully saturated rings. The van der Waals surface area contributed by atoms with Crippen molar-refractivity contribution in [3.05, 3.63) is 0 Å². The molecule has 0 aromatic carbocycles. The Bertz CT molecular complexity index is 271. The summed E-state index contributed by atoms with van der Waals surface area (Å²) < 4.78 is 0. The van der Waals surface area contributed by atoms with E-state index in [1.165, 1.54) is 0 Å². The Morgan fingerprint density at radius 2 is 2.20 bits per heavy atom. The maximum absolute atomic E-state index is 11.9. The lowest BCUT2D eigenvalue weighted by atomic mass is 10.0. The molecule has 1 aliphatic rings. The van der Waals surface area contributed by atoms with Crippen LogP contribution in [-0.2, 0) is 4.79 Å². The largest absolute Gasteiger partial charge is 0.339 e. The van der Waals surface area contributed by atoms with Gasteiger partial charge in [0.05, 0.1) is 12.5 Å². The van der Waals surface area contributed by atoms with Crippen LogP contribution >= 0.6 is 0 Å². The molecule has 4 heteroatoms. The van der Waals surface area contributed by atoms with Crippen LogP contribution in [0.4, 0.5) is 0 Å². The van der Waals surface area contributed by atoms with Gasteiger partial charge in [0.2, 0.25) is 5.91 Å². The maximum Gasteiger partial charge on any atom is 0.224 e. The third-order valence-corrected chi connectivity index (χ3v) is 2.38. The average Bonchev–Trinajstić information content (AvgIpc) is 2.85. The first-order valence-electron chi connectivity index (χ1n) is 5.39. The third-order valence-electron chi connectivity index (χ3n) is 2.38. The van der Waals surface area contributed by atoms with Crippen LogP contribution in [0.15, 0.2) is 0 Å². The maximum atomic E-state index is 11.9. The molecule has 0 bridgehead atoms. The highest BCUT2D eigenvalue weighted by Crippen LogP contribution is 2.28. The molecule has 2 N–H and O–H groups in total. The second kappa shape index (κ2) is 4.63. The Balaban J connectivity index is 2.48. The van der Waals surface area contributed by atoms with Crippen molar-refractivity contribution in [3.8, 4) is 6.07 Å². The molecule has 1 saturated carbocycles. The zero-order valence-corrected chi connectivity index (χ0v) is 9.49. The number of rotatable bonds is 5. The predicted molar refractivity (Wildman–Crippen MR) is 57.8 cm³/mol. The van der Waals surface area contributed by atoms with Crippen LogP contribution in [0.25, 0.3) is 0 Å². The fourth-order valence-corrected chi connectivity index (χ4v) is 1.56. The van der Waals surface area contributed by atoms with Crippen LogP contribution in [0.1, 0.15) is 39.5 Å². The zero-order chi connectivity index (χ0) is 11.5. The van der Waals surface area contributed by atoms with E-state index in [-0.39, 0.29) is 5.91 Å². The molecular formula is C11H19N3O. The van der Waals surface area contributed by atoms with Crippen molar-refractivity contribution < 1.29 is 4.79 Å². The van der Waals surface area contributed by atoms with Crippen molar-refractivity contribution in [1.29, 1.82) is 5.26 Å². The SMILES string of the molecule is CC(C)(N)CC(=O)N(CCC#N)C1CC1. The topological polar surface area (TPSA) is 70.1 Å². The molecule has 0 aromatic heterocycles. The first-order valence-corrected chi connectivity index (χ1v) is 5.39. The van der Waals surface area contributed by atoms with E-state index in [4.69, 9.17) is 11.0 Å². The van der Waals surface area contributed by atoms with Gasteiger partial charge in [-0.05, 0) is 26.7 Å². The minimum absolute atomic E-state index is 0.0836. The Hall–Kier alpha value is -1.08. The standard InChI is InChI=1S/C11H19N3O/c1-11(2,13)8-10(15)14(7-3-6-12)9-4-5-9/h9H,3-5,7-8,13H2,1-2H3. The number of nitrogens with zero attached hydrogens (tertiary/aromatic N) is 2. The van der Waals surface area contributed by atoms with Gasteiger partial charge in [-0.15, -0.1) is 0 Å². The smallest absolute Gasteiger partial charge is 0.224 e. The summed E-state index contributed by atoms with van der Waals surface area (Å²) in [7, 11) is 0. The monoisotopic (exact) mass is 209 g/mol. The minimum Gasteiger partial charge on any atom is -0.339 e. The number of nitriles is 1. The highest BCUT2D eigenvalue weighted by Gasteiger charge is 2.33. The Morgan fingerprint density at radius 3 is 2.60 bits per heavy atom. The van der Waals surface area contributed by atoms with Gasteiger partial charge >= 0.3 is 0 Å². The summed E-state index contributed by atoms with van der Waals surface area (Å²) in [5.41, 5.74) is 5.35. The lowest BCUT2D eigenvalue weighted by Crippen LogP contribution is -2.42. The summed E-state index contributed by atoms with van der Waals surface area (Å²) in [5, 5.41) is 8.52. The van der Waals surface area contributed by atoms with Crippen LogP contribution in [0.2, 0.25) is 0 Å². The highest BCUT2D eigenvalue weighted by atomic mass is 16.2. The van der Waals surface area contributed by atoms with Crippen LogP contribution in [-0.4, -0.2) is 28.9 Å². The van der Waals surface area contributed by atoms with Crippen LogP contribution in [0, 0.1) is 11.3 Å². The molecule has 4 nitrogen and oxygen atoms in total. The molecule has 0 aliphatic heterocycles. The number of amides is 1. The van der Waals surface area contributed by atoms with Gasteiger partial charge in [-0.2, -0.15) is 5.26 Å². The fourth-order valence-electron chi connectivity index (χ4n) is 1.56. The van der Waals surface area contributed by atoms with Gasteiger partial charge in [0, 0.05) is 24.5 Å². The molecule has 0 aromatic rings. The normalized spacial score (nSPS) is 15.9. The zero-order valence-electron chi connectivity index (χ0n) is 9.49. The molecule has 1 rings (SSSR count).